The first kappa shape index (κ1) is 12.4. The number of aryl methyl sites for hydroxylation is 2. The predicted octanol–water partition coefficient (Wildman–Crippen LogP) is 3.55. The van der Waals surface area contributed by atoms with E-state index in [-0.39, 0.29) is 6.10 Å². The summed E-state index contributed by atoms with van der Waals surface area (Å²) in [6.45, 7) is 4.25. The number of hydrogen-bond donors (Lipinski definition) is 1. The summed E-state index contributed by atoms with van der Waals surface area (Å²) in [5, 5.41) is 10.4. The molecule has 3 rings (SSSR count). The number of benzene rings is 2. The summed E-state index contributed by atoms with van der Waals surface area (Å²) in [6.07, 6.45) is 1.50. The van der Waals surface area contributed by atoms with Gasteiger partial charge in [-0.3, -0.25) is 0 Å². The second-order valence-electron chi connectivity index (χ2n) is 5.70. The predicted molar refractivity (Wildman–Crippen MR) is 78.5 cm³/mol. The molecule has 2 aromatic rings. The quantitative estimate of drug-likeness (QED) is 0.885. The van der Waals surface area contributed by atoms with Crippen molar-refractivity contribution in [2.45, 2.75) is 38.7 Å². The molecule has 0 spiro atoms. The van der Waals surface area contributed by atoms with Crippen molar-refractivity contribution in [3.63, 3.8) is 0 Å². The largest absolute Gasteiger partial charge is 0.392 e. The Bertz CT molecular complexity index is 600. The third-order valence-corrected chi connectivity index (χ3v) is 4.38. The SMILES string of the molecule is Cc1ccc(CC(O)C2Cc3ccccc32)cc1C. The highest BCUT2D eigenvalue weighted by Crippen LogP contribution is 2.38. The van der Waals surface area contributed by atoms with Crippen LogP contribution in [0.4, 0.5) is 0 Å². The molecule has 2 atom stereocenters. The van der Waals surface area contributed by atoms with Crippen LogP contribution in [0.2, 0.25) is 0 Å². The van der Waals surface area contributed by atoms with Gasteiger partial charge < -0.3 is 5.11 Å². The topological polar surface area (TPSA) is 20.2 Å². The summed E-state index contributed by atoms with van der Waals surface area (Å²) in [5.41, 5.74) is 6.58. The van der Waals surface area contributed by atoms with Crippen LogP contribution in [0, 0.1) is 13.8 Å². The lowest BCUT2D eigenvalue weighted by Gasteiger charge is -2.34. The minimum atomic E-state index is -0.267. The Kier molecular flexibility index (Phi) is 3.16. The van der Waals surface area contributed by atoms with Crippen LogP contribution in [-0.2, 0) is 12.8 Å². The standard InChI is InChI=1S/C18H20O/c1-12-7-8-14(9-13(12)2)10-18(19)17-11-15-5-3-4-6-16(15)17/h3-9,17-19H,10-11H2,1-2H3. The first-order valence-electron chi connectivity index (χ1n) is 6.97. The Labute approximate surface area is 114 Å². The average molecular weight is 252 g/mol. The molecule has 1 heteroatoms. The van der Waals surface area contributed by atoms with Crippen LogP contribution in [0.25, 0.3) is 0 Å². The molecule has 2 unspecified atom stereocenters. The molecule has 1 nitrogen and oxygen atoms in total. The van der Waals surface area contributed by atoms with E-state index < -0.39 is 0 Å². The molecule has 0 fully saturated rings. The number of aliphatic hydroxyl groups is 1. The van der Waals surface area contributed by atoms with Crippen molar-refractivity contribution in [3.05, 3.63) is 70.3 Å². The molecule has 0 radical (unpaired) electrons. The molecule has 1 aliphatic rings. The Morgan fingerprint density at radius 2 is 1.89 bits per heavy atom. The highest BCUT2D eigenvalue weighted by molar-refractivity contribution is 5.41. The van der Waals surface area contributed by atoms with Gasteiger partial charge in [-0.1, -0.05) is 42.5 Å². The van der Waals surface area contributed by atoms with Gasteiger partial charge in [0.2, 0.25) is 0 Å². The lowest BCUT2D eigenvalue weighted by molar-refractivity contribution is 0.133. The molecule has 19 heavy (non-hydrogen) atoms. The van der Waals surface area contributed by atoms with Crippen molar-refractivity contribution in [1.29, 1.82) is 0 Å². The molecule has 0 bridgehead atoms. The minimum Gasteiger partial charge on any atom is -0.392 e. The van der Waals surface area contributed by atoms with Gasteiger partial charge in [0.15, 0.2) is 0 Å². The molecular weight excluding hydrogens is 232 g/mol. The molecule has 98 valence electrons. The fraction of sp³-hybridized carbons (Fsp3) is 0.333. The van der Waals surface area contributed by atoms with Gasteiger partial charge in [-0.2, -0.15) is 0 Å². The lowest BCUT2D eigenvalue weighted by atomic mass is 9.73. The minimum absolute atomic E-state index is 0.267. The zero-order valence-corrected chi connectivity index (χ0v) is 11.6. The van der Waals surface area contributed by atoms with Crippen molar-refractivity contribution < 1.29 is 5.11 Å². The van der Waals surface area contributed by atoms with Crippen molar-refractivity contribution >= 4 is 0 Å². The fourth-order valence-electron chi connectivity index (χ4n) is 2.96. The molecule has 0 saturated carbocycles. The number of hydrogen-bond acceptors (Lipinski definition) is 1. The molecule has 0 saturated heterocycles. The highest BCUT2D eigenvalue weighted by atomic mass is 16.3. The van der Waals surface area contributed by atoms with E-state index in [0.29, 0.717) is 5.92 Å². The van der Waals surface area contributed by atoms with Crippen LogP contribution < -0.4 is 0 Å². The number of aliphatic hydroxyl groups excluding tert-OH is 1. The van der Waals surface area contributed by atoms with Gasteiger partial charge in [0, 0.05) is 5.92 Å². The van der Waals surface area contributed by atoms with Crippen molar-refractivity contribution in [2.75, 3.05) is 0 Å². The van der Waals surface area contributed by atoms with E-state index in [1.165, 1.54) is 27.8 Å². The smallest absolute Gasteiger partial charge is 0.0652 e. The van der Waals surface area contributed by atoms with Crippen LogP contribution >= 0.6 is 0 Å². The van der Waals surface area contributed by atoms with Gasteiger partial charge in [-0.15, -0.1) is 0 Å². The third kappa shape index (κ3) is 2.31. The van der Waals surface area contributed by atoms with E-state index in [4.69, 9.17) is 0 Å². The third-order valence-electron chi connectivity index (χ3n) is 4.38. The zero-order chi connectivity index (χ0) is 13.4. The van der Waals surface area contributed by atoms with Crippen LogP contribution in [0.15, 0.2) is 42.5 Å². The maximum atomic E-state index is 10.4. The molecular formula is C18H20O. The molecule has 1 N–H and O–H groups in total. The maximum absolute atomic E-state index is 10.4. The highest BCUT2D eigenvalue weighted by Gasteiger charge is 2.31. The molecule has 0 aliphatic heterocycles. The van der Waals surface area contributed by atoms with Crippen molar-refractivity contribution in [3.8, 4) is 0 Å². The monoisotopic (exact) mass is 252 g/mol. The van der Waals surface area contributed by atoms with Gasteiger partial charge in [0.25, 0.3) is 0 Å². The second-order valence-corrected chi connectivity index (χ2v) is 5.70. The molecule has 0 amide bonds. The van der Waals surface area contributed by atoms with Crippen LogP contribution in [0.5, 0.6) is 0 Å². The van der Waals surface area contributed by atoms with Crippen molar-refractivity contribution in [2.24, 2.45) is 0 Å². The van der Waals surface area contributed by atoms with E-state index in [1.807, 2.05) is 0 Å². The van der Waals surface area contributed by atoms with Crippen LogP contribution in [0.1, 0.15) is 33.7 Å². The Morgan fingerprint density at radius 3 is 2.63 bits per heavy atom. The molecule has 0 heterocycles. The normalized spacial score (nSPS) is 18.6. The van der Waals surface area contributed by atoms with Gasteiger partial charge in [0.05, 0.1) is 6.10 Å². The summed E-state index contributed by atoms with van der Waals surface area (Å²) >= 11 is 0. The average Bonchev–Trinajstić information content (AvgIpc) is 2.35. The summed E-state index contributed by atoms with van der Waals surface area (Å²) in [7, 11) is 0. The Hall–Kier alpha value is -1.60. The number of rotatable bonds is 3. The molecule has 2 aromatic carbocycles. The van der Waals surface area contributed by atoms with Gasteiger partial charge in [-0.25, -0.2) is 0 Å². The first-order valence-corrected chi connectivity index (χ1v) is 6.97. The van der Waals surface area contributed by atoms with Gasteiger partial charge >= 0.3 is 0 Å². The van der Waals surface area contributed by atoms with E-state index >= 15 is 0 Å². The van der Waals surface area contributed by atoms with Gasteiger partial charge in [0.1, 0.15) is 0 Å². The summed E-state index contributed by atoms with van der Waals surface area (Å²) < 4.78 is 0. The van der Waals surface area contributed by atoms with E-state index in [1.54, 1.807) is 0 Å². The second kappa shape index (κ2) is 4.82. The Morgan fingerprint density at radius 1 is 1.11 bits per heavy atom. The summed E-state index contributed by atoms with van der Waals surface area (Å²) in [4.78, 5) is 0. The number of fused-ring (bicyclic) bond motifs is 1. The summed E-state index contributed by atoms with van der Waals surface area (Å²) in [6, 6.07) is 14.9. The summed E-state index contributed by atoms with van der Waals surface area (Å²) in [5.74, 6) is 0.317. The van der Waals surface area contributed by atoms with Crippen molar-refractivity contribution in [1.82, 2.24) is 0 Å². The lowest BCUT2D eigenvalue weighted by Crippen LogP contribution is -2.30. The van der Waals surface area contributed by atoms with Crippen LogP contribution in [0.3, 0.4) is 0 Å². The first-order chi connectivity index (χ1) is 9.15. The van der Waals surface area contributed by atoms with E-state index in [2.05, 4.69) is 56.3 Å². The maximum Gasteiger partial charge on any atom is 0.0652 e. The zero-order valence-electron chi connectivity index (χ0n) is 11.6. The molecule has 1 aliphatic carbocycles. The fourth-order valence-corrected chi connectivity index (χ4v) is 2.96. The Balaban J connectivity index is 1.73. The van der Waals surface area contributed by atoms with E-state index in [0.717, 1.165) is 12.8 Å². The van der Waals surface area contributed by atoms with E-state index in [9.17, 15) is 5.11 Å². The van der Waals surface area contributed by atoms with Gasteiger partial charge in [-0.05, 0) is 54.5 Å². The molecule has 0 aromatic heterocycles. The van der Waals surface area contributed by atoms with Crippen LogP contribution in [-0.4, -0.2) is 11.2 Å².